The average molecular weight is 343 g/mol. The highest BCUT2D eigenvalue weighted by Crippen LogP contribution is 2.25. The van der Waals surface area contributed by atoms with Crippen LogP contribution in [0.4, 0.5) is 5.82 Å². The minimum absolute atomic E-state index is 0.102. The van der Waals surface area contributed by atoms with E-state index >= 15 is 0 Å². The fourth-order valence-corrected chi connectivity index (χ4v) is 3.75. The van der Waals surface area contributed by atoms with Crippen molar-refractivity contribution in [3.05, 3.63) is 34.4 Å². The third-order valence-electron chi connectivity index (χ3n) is 4.22. The minimum atomic E-state index is 0.102. The molecule has 0 aromatic carbocycles. The number of thiophene rings is 1. The molecule has 1 saturated heterocycles. The van der Waals surface area contributed by atoms with Crippen LogP contribution in [0.3, 0.4) is 0 Å². The lowest BCUT2D eigenvalue weighted by atomic mass is 10.1. The van der Waals surface area contributed by atoms with Crippen molar-refractivity contribution in [1.29, 1.82) is 0 Å². The quantitative estimate of drug-likeness (QED) is 0.787. The highest BCUT2D eigenvalue weighted by Gasteiger charge is 2.26. The number of rotatable bonds is 3. The first kappa shape index (κ1) is 15.1. The lowest BCUT2D eigenvalue weighted by Crippen LogP contribution is -2.45. The predicted molar refractivity (Wildman–Crippen MR) is 91.2 cm³/mol. The van der Waals surface area contributed by atoms with E-state index in [0.717, 1.165) is 35.3 Å². The average Bonchev–Trinajstić information content (AvgIpc) is 3.25. The van der Waals surface area contributed by atoms with Crippen LogP contribution in [-0.2, 0) is 0 Å². The Morgan fingerprint density at radius 1 is 1.46 bits per heavy atom. The molecule has 124 valence electrons. The summed E-state index contributed by atoms with van der Waals surface area (Å²) in [7, 11) is 0. The summed E-state index contributed by atoms with van der Waals surface area (Å²) in [5.74, 6) is 0.819. The molecule has 4 heterocycles. The first-order valence-corrected chi connectivity index (χ1v) is 8.76. The van der Waals surface area contributed by atoms with Crippen LogP contribution in [-0.4, -0.2) is 45.1 Å². The molecule has 0 radical (unpaired) electrons. The standard InChI is InChI=1S/C16H17N5O2S/c1-10-13-14(17-9-18-15(13)23-20-10)19-11-4-2-6-21(8-11)16(22)12-5-3-7-24-12/h3,5,7,9,11H,2,4,6,8H2,1H3,(H,17,18,19)/t11-/m1/s1. The Hall–Kier alpha value is -2.48. The van der Waals surface area contributed by atoms with E-state index in [4.69, 9.17) is 4.52 Å². The number of piperidine rings is 1. The number of fused-ring (bicyclic) bond motifs is 1. The Morgan fingerprint density at radius 2 is 2.38 bits per heavy atom. The third kappa shape index (κ3) is 2.73. The molecule has 1 fully saturated rings. The van der Waals surface area contributed by atoms with Gasteiger partial charge in [0.25, 0.3) is 11.6 Å². The van der Waals surface area contributed by atoms with Crippen LogP contribution in [0.2, 0.25) is 0 Å². The number of hydrogen-bond donors (Lipinski definition) is 1. The second-order valence-electron chi connectivity index (χ2n) is 5.88. The Balaban J connectivity index is 1.52. The van der Waals surface area contributed by atoms with Gasteiger partial charge < -0.3 is 14.7 Å². The maximum Gasteiger partial charge on any atom is 0.263 e. The maximum absolute atomic E-state index is 12.5. The molecule has 8 heteroatoms. The number of hydrogen-bond acceptors (Lipinski definition) is 7. The smallest absolute Gasteiger partial charge is 0.263 e. The van der Waals surface area contributed by atoms with Gasteiger partial charge in [-0.3, -0.25) is 4.79 Å². The highest BCUT2D eigenvalue weighted by molar-refractivity contribution is 7.12. The minimum Gasteiger partial charge on any atom is -0.365 e. The van der Waals surface area contributed by atoms with Crippen molar-refractivity contribution in [3.63, 3.8) is 0 Å². The number of carbonyl (C=O) groups excluding carboxylic acids is 1. The second-order valence-corrected chi connectivity index (χ2v) is 6.83. The van der Waals surface area contributed by atoms with Gasteiger partial charge in [0, 0.05) is 19.1 Å². The third-order valence-corrected chi connectivity index (χ3v) is 5.08. The summed E-state index contributed by atoms with van der Waals surface area (Å²) in [4.78, 5) is 23.7. The summed E-state index contributed by atoms with van der Waals surface area (Å²) >= 11 is 1.48. The van der Waals surface area contributed by atoms with Crippen LogP contribution in [0, 0.1) is 6.92 Å². The van der Waals surface area contributed by atoms with E-state index < -0.39 is 0 Å². The number of amides is 1. The highest BCUT2D eigenvalue weighted by atomic mass is 32.1. The monoisotopic (exact) mass is 343 g/mol. The number of aryl methyl sites for hydroxylation is 1. The van der Waals surface area contributed by atoms with Crippen LogP contribution in [0.5, 0.6) is 0 Å². The number of nitrogens with one attached hydrogen (secondary N) is 1. The van der Waals surface area contributed by atoms with Gasteiger partial charge in [0.15, 0.2) is 0 Å². The topological polar surface area (TPSA) is 84.2 Å². The number of nitrogens with zero attached hydrogens (tertiary/aromatic N) is 4. The van der Waals surface area contributed by atoms with E-state index in [1.54, 1.807) is 0 Å². The Kier molecular flexibility index (Phi) is 3.89. The van der Waals surface area contributed by atoms with Crippen molar-refractivity contribution in [2.45, 2.75) is 25.8 Å². The SMILES string of the molecule is Cc1noc2ncnc(N[C@@H]3CCCN(C(=O)c4cccs4)C3)c12. The first-order valence-electron chi connectivity index (χ1n) is 7.88. The molecule has 3 aromatic heterocycles. The number of aromatic nitrogens is 3. The molecule has 0 saturated carbocycles. The van der Waals surface area contributed by atoms with Crippen molar-refractivity contribution >= 4 is 34.2 Å². The molecule has 0 aliphatic carbocycles. The molecule has 1 N–H and O–H groups in total. The molecule has 4 rings (SSSR count). The van der Waals surface area contributed by atoms with Crippen LogP contribution >= 0.6 is 11.3 Å². The molecular formula is C16H17N5O2S. The normalized spacial score (nSPS) is 18.0. The molecule has 1 amide bonds. The fourth-order valence-electron chi connectivity index (χ4n) is 3.06. The van der Waals surface area contributed by atoms with Crippen molar-refractivity contribution in [1.82, 2.24) is 20.0 Å². The van der Waals surface area contributed by atoms with Gasteiger partial charge in [-0.25, -0.2) is 4.98 Å². The molecule has 0 unspecified atom stereocenters. The zero-order chi connectivity index (χ0) is 16.5. The van der Waals surface area contributed by atoms with E-state index in [-0.39, 0.29) is 11.9 Å². The van der Waals surface area contributed by atoms with E-state index in [1.807, 2.05) is 29.3 Å². The van der Waals surface area contributed by atoms with E-state index in [2.05, 4.69) is 20.4 Å². The van der Waals surface area contributed by atoms with Crippen LogP contribution < -0.4 is 5.32 Å². The van der Waals surface area contributed by atoms with Gasteiger partial charge in [0.2, 0.25) is 0 Å². The molecular weight excluding hydrogens is 326 g/mol. The van der Waals surface area contributed by atoms with Gasteiger partial charge in [-0.05, 0) is 31.2 Å². The van der Waals surface area contributed by atoms with Crippen molar-refractivity contribution in [3.8, 4) is 0 Å². The lowest BCUT2D eigenvalue weighted by molar-refractivity contribution is 0.0719. The first-order chi connectivity index (χ1) is 11.7. The van der Waals surface area contributed by atoms with Crippen LogP contribution in [0.15, 0.2) is 28.4 Å². The van der Waals surface area contributed by atoms with Gasteiger partial charge >= 0.3 is 0 Å². The Bertz CT molecular complexity index is 861. The molecule has 1 aliphatic rings. The summed E-state index contributed by atoms with van der Waals surface area (Å²) in [5, 5.41) is 10.1. The Morgan fingerprint density at radius 3 is 3.21 bits per heavy atom. The van der Waals surface area contributed by atoms with E-state index in [0.29, 0.717) is 18.1 Å². The second kappa shape index (κ2) is 6.20. The summed E-state index contributed by atoms with van der Waals surface area (Å²) in [6.07, 6.45) is 3.42. The fraction of sp³-hybridized carbons (Fsp3) is 0.375. The number of likely N-dealkylation sites (tertiary alicyclic amines) is 1. The van der Waals surface area contributed by atoms with Crippen molar-refractivity contribution in [2.24, 2.45) is 0 Å². The molecule has 0 spiro atoms. The molecule has 1 atom stereocenters. The van der Waals surface area contributed by atoms with Gasteiger partial charge in [-0.15, -0.1) is 11.3 Å². The van der Waals surface area contributed by atoms with Gasteiger partial charge in [-0.1, -0.05) is 11.2 Å². The summed E-state index contributed by atoms with van der Waals surface area (Å²) in [5.41, 5.74) is 1.24. The van der Waals surface area contributed by atoms with Gasteiger partial charge in [-0.2, -0.15) is 4.98 Å². The predicted octanol–water partition coefficient (Wildman–Crippen LogP) is 2.70. The molecule has 3 aromatic rings. The lowest BCUT2D eigenvalue weighted by Gasteiger charge is -2.33. The summed E-state index contributed by atoms with van der Waals surface area (Å²) in [6, 6.07) is 3.93. The zero-order valence-corrected chi connectivity index (χ0v) is 14.0. The largest absolute Gasteiger partial charge is 0.365 e. The van der Waals surface area contributed by atoms with Crippen LogP contribution in [0.25, 0.3) is 11.1 Å². The van der Waals surface area contributed by atoms with E-state index in [1.165, 1.54) is 17.7 Å². The van der Waals surface area contributed by atoms with Crippen molar-refractivity contribution in [2.75, 3.05) is 18.4 Å². The van der Waals surface area contributed by atoms with Crippen molar-refractivity contribution < 1.29 is 9.32 Å². The molecule has 24 heavy (non-hydrogen) atoms. The molecule has 7 nitrogen and oxygen atoms in total. The van der Waals surface area contributed by atoms with E-state index in [9.17, 15) is 4.79 Å². The van der Waals surface area contributed by atoms with Crippen LogP contribution in [0.1, 0.15) is 28.2 Å². The maximum atomic E-state index is 12.5. The molecule has 0 bridgehead atoms. The number of anilines is 1. The summed E-state index contributed by atoms with van der Waals surface area (Å²) in [6.45, 7) is 3.32. The Labute approximate surface area is 142 Å². The summed E-state index contributed by atoms with van der Waals surface area (Å²) < 4.78 is 5.18. The van der Waals surface area contributed by atoms with Gasteiger partial charge in [0.05, 0.1) is 10.6 Å². The van der Waals surface area contributed by atoms with Gasteiger partial charge in [0.1, 0.15) is 17.5 Å². The number of carbonyl (C=O) groups is 1. The zero-order valence-electron chi connectivity index (χ0n) is 13.2. The molecule has 1 aliphatic heterocycles.